The number of fused-ring (bicyclic) bond motifs is 1. The zero-order valence-electron chi connectivity index (χ0n) is 17.6. The van der Waals surface area contributed by atoms with Crippen LogP contribution < -0.4 is 14.8 Å². The summed E-state index contributed by atoms with van der Waals surface area (Å²) in [6, 6.07) is 10.6. The molecule has 1 N–H and O–H groups in total. The van der Waals surface area contributed by atoms with Gasteiger partial charge in [-0.05, 0) is 67.0 Å². The molecule has 31 heavy (non-hydrogen) atoms. The molecule has 0 saturated carbocycles. The zero-order chi connectivity index (χ0) is 22.2. The van der Waals surface area contributed by atoms with Gasteiger partial charge in [0.1, 0.15) is 0 Å². The van der Waals surface area contributed by atoms with Gasteiger partial charge in [-0.3, -0.25) is 9.59 Å². The van der Waals surface area contributed by atoms with Crippen LogP contribution in [0.4, 0.5) is 8.78 Å². The van der Waals surface area contributed by atoms with Gasteiger partial charge in [-0.15, -0.1) is 0 Å². The topological polar surface area (TPSA) is 64.6 Å². The van der Waals surface area contributed by atoms with Crippen LogP contribution in [0.15, 0.2) is 36.4 Å². The number of amides is 1. The van der Waals surface area contributed by atoms with Crippen LogP contribution in [-0.2, 0) is 24.1 Å². The molecule has 2 aromatic carbocycles. The molecule has 0 atom stereocenters. The van der Waals surface area contributed by atoms with Crippen LogP contribution in [-0.4, -0.2) is 32.0 Å². The monoisotopic (exact) mass is 431 g/mol. The highest BCUT2D eigenvalue weighted by Crippen LogP contribution is 2.29. The molecular weight excluding hydrogens is 404 g/mol. The maximum absolute atomic E-state index is 12.5. The number of ketones is 1. The molecule has 1 aliphatic rings. The minimum atomic E-state index is -2.95. The highest BCUT2D eigenvalue weighted by molar-refractivity contribution is 5.98. The fourth-order valence-corrected chi connectivity index (χ4v) is 3.78. The molecule has 166 valence electrons. The number of benzene rings is 2. The van der Waals surface area contributed by atoms with E-state index in [4.69, 9.17) is 4.74 Å². The van der Waals surface area contributed by atoms with Crippen molar-refractivity contribution in [3.63, 3.8) is 0 Å². The third-order valence-corrected chi connectivity index (χ3v) is 5.43. The second-order valence-corrected chi connectivity index (χ2v) is 7.58. The van der Waals surface area contributed by atoms with Crippen molar-refractivity contribution < 1.29 is 27.8 Å². The van der Waals surface area contributed by atoms with Crippen molar-refractivity contribution >= 4 is 11.7 Å². The van der Waals surface area contributed by atoms with Crippen molar-refractivity contribution in [2.75, 3.05) is 13.7 Å². The Morgan fingerprint density at radius 3 is 2.52 bits per heavy atom. The Morgan fingerprint density at radius 1 is 1.00 bits per heavy atom. The highest BCUT2D eigenvalue weighted by Gasteiger charge is 2.15. The van der Waals surface area contributed by atoms with Gasteiger partial charge < -0.3 is 14.8 Å². The summed E-state index contributed by atoms with van der Waals surface area (Å²) < 4.78 is 34.5. The lowest BCUT2D eigenvalue weighted by atomic mass is 9.89. The fraction of sp³-hybridized carbons (Fsp3) is 0.417. The third kappa shape index (κ3) is 6.51. The first kappa shape index (κ1) is 22.7. The van der Waals surface area contributed by atoms with Crippen LogP contribution in [0.3, 0.4) is 0 Å². The van der Waals surface area contributed by atoms with Crippen LogP contribution >= 0.6 is 0 Å². The Labute approximate surface area is 180 Å². The average Bonchev–Trinajstić information content (AvgIpc) is 2.77. The molecule has 1 amide bonds. The van der Waals surface area contributed by atoms with Crippen LogP contribution in [0.5, 0.6) is 11.5 Å². The van der Waals surface area contributed by atoms with E-state index in [1.54, 1.807) is 12.1 Å². The van der Waals surface area contributed by atoms with Crippen molar-refractivity contribution in [2.24, 2.45) is 0 Å². The molecule has 0 saturated heterocycles. The van der Waals surface area contributed by atoms with Crippen LogP contribution in [0, 0.1) is 0 Å². The summed E-state index contributed by atoms with van der Waals surface area (Å²) in [6.07, 6.45) is 5.11. The van der Waals surface area contributed by atoms with Crippen molar-refractivity contribution in [3.05, 3.63) is 58.7 Å². The summed E-state index contributed by atoms with van der Waals surface area (Å²) in [5.41, 5.74) is 3.96. The number of methoxy groups -OCH3 is 1. The predicted octanol–water partition coefficient (Wildman–Crippen LogP) is 4.50. The second-order valence-electron chi connectivity index (χ2n) is 7.58. The maximum atomic E-state index is 12.5. The van der Waals surface area contributed by atoms with E-state index in [1.165, 1.54) is 30.7 Å². The maximum Gasteiger partial charge on any atom is 0.387 e. The second kappa shape index (κ2) is 10.9. The number of alkyl halides is 2. The van der Waals surface area contributed by atoms with Gasteiger partial charge in [0.05, 0.1) is 7.11 Å². The van der Waals surface area contributed by atoms with Crippen molar-refractivity contribution in [3.8, 4) is 11.5 Å². The molecule has 0 heterocycles. The largest absolute Gasteiger partial charge is 0.493 e. The Bertz CT molecular complexity index is 930. The Morgan fingerprint density at radius 2 is 1.77 bits per heavy atom. The summed E-state index contributed by atoms with van der Waals surface area (Å²) in [7, 11) is 1.37. The van der Waals surface area contributed by atoms with Crippen molar-refractivity contribution in [2.45, 2.75) is 51.6 Å². The number of hydrogen-bond acceptors (Lipinski definition) is 4. The smallest absolute Gasteiger partial charge is 0.387 e. The lowest BCUT2D eigenvalue weighted by molar-refractivity contribution is -0.121. The van der Waals surface area contributed by atoms with E-state index in [2.05, 4.69) is 10.1 Å². The summed E-state index contributed by atoms with van der Waals surface area (Å²) in [5, 5.41) is 2.77. The number of aryl methyl sites for hydroxylation is 2. The van der Waals surface area contributed by atoms with Crippen molar-refractivity contribution in [1.82, 2.24) is 5.32 Å². The molecule has 0 aliphatic heterocycles. The number of halogens is 2. The first-order chi connectivity index (χ1) is 15.0. The summed E-state index contributed by atoms with van der Waals surface area (Å²) >= 11 is 0. The first-order valence-electron chi connectivity index (χ1n) is 10.5. The van der Waals surface area contributed by atoms with E-state index >= 15 is 0 Å². The predicted molar refractivity (Wildman–Crippen MR) is 113 cm³/mol. The fourth-order valence-electron chi connectivity index (χ4n) is 3.78. The number of carbonyl (C=O) groups excluding carboxylic acids is 2. The van der Waals surface area contributed by atoms with Gasteiger partial charge in [-0.2, -0.15) is 8.78 Å². The number of hydrogen-bond donors (Lipinski definition) is 1. The van der Waals surface area contributed by atoms with E-state index in [1.807, 2.05) is 18.2 Å². The molecule has 0 fully saturated rings. The van der Waals surface area contributed by atoms with Crippen LogP contribution in [0.25, 0.3) is 0 Å². The van der Waals surface area contributed by atoms with E-state index in [0.717, 1.165) is 24.8 Å². The molecule has 5 nitrogen and oxygen atoms in total. The van der Waals surface area contributed by atoms with Gasteiger partial charge in [-0.1, -0.05) is 18.2 Å². The molecule has 2 aromatic rings. The summed E-state index contributed by atoms with van der Waals surface area (Å²) in [4.78, 5) is 24.6. The standard InChI is InChI=1S/C24H27F2NO4/c1-30-21-10-6-16(14-22(21)31-24(25)26)12-13-27-23(29)11-9-20(28)19-8-7-17-4-2-3-5-18(17)15-19/h6-8,10,14-15,24H,2-5,9,11-13H2,1H3,(H,27,29). The molecule has 1 aliphatic carbocycles. The van der Waals surface area contributed by atoms with E-state index in [9.17, 15) is 18.4 Å². The number of nitrogens with one attached hydrogen (secondary N) is 1. The molecular formula is C24H27F2NO4. The minimum Gasteiger partial charge on any atom is -0.493 e. The molecule has 0 radical (unpaired) electrons. The first-order valence-corrected chi connectivity index (χ1v) is 10.5. The van der Waals surface area contributed by atoms with E-state index in [-0.39, 0.29) is 36.0 Å². The minimum absolute atomic E-state index is 0.0348. The van der Waals surface area contributed by atoms with E-state index < -0.39 is 6.61 Å². The van der Waals surface area contributed by atoms with Crippen molar-refractivity contribution in [1.29, 1.82) is 0 Å². The Balaban J connectivity index is 1.45. The SMILES string of the molecule is COc1ccc(CCNC(=O)CCC(=O)c2ccc3c(c2)CCCC3)cc1OC(F)F. The van der Waals surface area contributed by atoms with Gasteiger partial charge in [-0.25, -0.2) is 0 Å². The number of ether oxygens (including phenoxy) is 2. The quantitative estimate of drug-likeness (QED) is 0.563. The van der Waals surface area contributed by atoms with Gasteiger partial charge >= 0.3 is 6.61 Å². The lowest BCUT2D eigenvalue weighted by Gasteiger charge is -2.16. The highest BCUT2D eigenvalue weighted by atomic mass is 19.3. The Kier molecular flexibility index (Phi) is 7.98. The number of Topliss-reactive ketones (excluding diaryl/α,β-unsaturated/α-hetero) is 1. The van der Waals surface area contributed by atoms with Gasteiger partial charge in [0, 0.05) is 24.9 Å². The molecule has 0 bridgehead atoms. The molecule has 3 rings (SSSR count). The lowest BCUT2D eigenvalue weighted by Crippen LogP contribution is -2.26. The van der Waals surface area contributed by atoms with Gasteiger partial charge in [0.25, 0.3) is 0 Å². The molecule has 0 spiro atoms. The normalized spacial score (nSPS) is 12.9. The number of rotatable bonds is 10. The van der Waals surface area contributed by atoms with Gasteiger partial charge in [0.15, 0.2) is 17.3 Å². The summed E-state index contributed by atoms with van der Waals surface area (Å²) in [6.45, 7) is -2.62. The van der Waals surface area contributed by atoms with Gasteiger partial charge in [0.2, 0.25) is 5.91 Å². The average molecular weight is 431 g/mol. The molecule has 7 heteroatoms. The number of carbonyl (C=O) groups is 2. The molecule has 0 unspecified atom stereocenters. The third-order valence-electron chi connectivity index (χ3n) is 5.43. The van der Waals surface area contributed by atoms with Crippen LogP contribution in [0.1, 0.15) is 52.7 Å². The summed E-state index contributed by atoms with van der Waals surface area (Å²) in [5.74, 6) is -0.0814. The molecule has 0 aromatic heterocycles. The van der Waals surface area contributed by atoms with Crippen LogP contribution in [0.2, 0.25) is 0 Å². The Hall–Kier alpha value is -2.96. The zero-order valence-corrected chi connectivity index (χ0v) is 17.6. The van der Waals surface area contributed by atoms with E-state index in [0.29, 0.717) is 18.5 Å².